The van der Waals surface area contributed by atoms with Crippen LogP contribution < -0.4 is 10.6 Å². The second-order valence-electron chi connectivity index (χ2n) is 5.57. The molecule has 1 aliphatic rings. The third kappa shape index (κ3) is 2.77. The summed E-state index contributed by atoms with van der Waals surface area (Å²) >= 11 is 0. The number of nitrogens with two attached hydrogens (primary N) is 1. The van der Waals surface area contributed by atoms with Gasteiger partial charge < -0.3 is 15.7 Å². The molecule has 1 aromatic carbocycles. The fourth-order valence-corrected chi connectivity index (χ4v) is 2.76. The van der Waals surface area contributed by atoms with E-state index in [1.165, 1.54) is 0 Å². The number of aliphatic hydroxyl groups is 1. The van der Waals surface area contributed by atoms with Crippen molar-refractivity contribution in [3.8, 4) is 0 Å². The predicted molar refractivity (Wildman–Crippen MR) is 80.9 cm³/mol. The summed E-state index contributed by atoms with van der Waals surface area (Å²) in [7, 11) is 0. The van der Waals surface area contributed by atoms with Crippen LogP contribution >= 0.6 is 0 Å². The number of aliphatic hydroxyl groups excluding tert-OH is 1. The van der Waals surface area contributed by atoms with Gasteiger partial charge in [0.15, 0.2) is 5.82 Å². The largest absolute Gasteiger partial charge is 0.380 e. The number of piperidine rings is 1. The zero-order chi connectivity index (χ0) is 14.8. The fourth-order valence-electron chi connectivity index (χ4n) is 2.76. The van der Waals surface area contributed by atoms with Crippen molar-refractivity contribution in [1.29, 1.82) is 0 Å². The van der Waals surface area contributed by atoms with Gasteiger partial charge in [-0.3, -0.25) is 5.10 Å². The Morgan fingerprint density at radius 3 is 2.90 bits per heavy atom. The molecule has 0 bridgehead atoms. The molecule has 21 heavy (non-hydrogen) atoms. The van der Waals surface area contributed by atoms with Gasteiger partial charge in [0.05, 0.1) is 0 Å². The lowest BCUT2D eigenvalue weighted by Gasteiger charge is -2.36. The maximum atomic E-state index is 10.3. The molecule has 1 saturated heterocycles. The lowest BCUT2D eigenvalue weighted by molar-refractivity contribution is 0.210. The quantitative estimate of drug-likeness (QED) is 0.789. The second kappa shape index (κ2) is 5.83. The molecule has 2 heterocycles. The number of aromatic nitrogens is 3. The van der Waals surface area contributed by atoms with Crippen LogP contribution in [0.15, 0.2) is 30.3 Å². The van der Waals surface area contributed by atoms with Crippen LogP contribution in [0.4, 0.5) is 5.95 Å². The molecule has 0 aliphatic carbocycles. The van der Waals surface area contributed by atoms with Crippen molar-refractivity contribution in [1.82, 2.24) is 15.2 Å². The Morgan fingerprint density at radius 1 is 1.38 bits per heavy atom. The number of aromatic amines is 1. The first-order valence-electron chi connectivity index (χ1n) is 7.34. The van der Waals surface area contributed by atoms with Gasteiger partial charge in [0, 0.05) is 18.6 Å². The number of benzene rings is 1. The van der Waals surface area contributed by atoms with Crippen molar-refractivity contribution in [3.05, 3.63) is 41.7 Å². The normalized spacial score (nSPS) is 24.0. The van der Waals surface area contributed by atoms with Crippen LogP contribution in [-0.2, 0) is 0 Å². The number of anilines is 1. The minimum Gasteiger partial charge on any atom is -0.380 e. The van der Waals surface area contributed by atoms with E-state index in [0.717, 1.165) is 24.9 Å². The Kier molecular flexibility index (Phi) is 3.90. The predicted octanol–water partition coefficient (Wildman–Crippen LogP) is 1.20. The van der Waals surface area contributed by atoms with E-state index in [0.29, 0.717) is 11.8 Å². The molecule has 6 heteroatoms. The monoisotopic (exact) mass is 287 g/mol. The standard InChI is InChI=1S/C15H21N5O/c1-10-12(16)8-5-9-20(10)15-17-14(18-19-15)13(21)11-6-3-2-4-7-11/h2-4,6-7,10,12-13,21H,5,8-9,16H2,1H3,(H,17,18,19). The first kappa shape index (κ1) is 14.0. The summed E-state index contributed by atoms with van der Waals surface area (Å²) in [6.07, 6.45) is 1.28. The third-order valence-corrected chi connectivity index (χ3v) is 4.17. The Hall–Kier alpha value is -1.92. The lowest BCUT2D eigenvalue weighted by atomic mass is 9.99. The topological polar surface area (TPSA) is 91.1 Å². The molecule has 0 radical (unpaired) electrons. The first-order valence-corrected chi connectivity index (χ1v) is 7.34. The molecule has 3 rings (SSSR count). The van der Waals surface area contributed by atoms with Crippen molar-refractivity contribution < 1.29 is 5.11 Å². The van der Waals surface area contributed by atoms with E-state index in [4.69, 9.17) is 5.73 Å². The number of H-pyrrole nitrogens is 1. The first-order chi connectivity index (χ1) is 10.2. The van der Waals surface area contributed by atoms with Gasteiger partial charge in [-0.05, 0) is 25.3 Å². The van der Waals surface area contributed by atoms with Crippen molar-refractivity contribution >= 4 is 5.95 Å². The van der Waals surface area contributed by atoms with Crippen molar-refractivity contribution in [2.24, 2.45) is 5.73 Å². The van der Waals surface area contributed by atoms with Gasteiger partial charge in [-0.1, -0.05) is 30.3 Å². The number of rotatable bonds is 3. The molecule has 2 aromatic rings. The van der Waals surface area contributed by atoms with E-state index in [1.807, 2.05) is 30.3 Å². The van der Waals surface area contributed by atoms with Gasteiger partial charge in [0.25, 0.3) is 0 Å². The van der Waals surface area contributed by atoms with Gasteiger partial charge in [0.2, 0.25) is 5.95 Å². The van der Waals surface area contributed by atoms with E-state index in [2.05, 4.69) is 27.0 Å². The summed E-state index contributed by atoms with van der Waals surface area (Å²) in [6, 6.07) is 9.77. The average molecular weight is 287 g/mol. The molecule has 3 unspecified atom stereocenters. The zero-order valence-corrected chi connectivity index (χ0v) is 12.1. The van der Waals surface area contributed by atoms with E-state index in [-0.39, 0.29) is 12.1 Å². The van der Waals surface area contributed by atoms with Crippen LogP contribution in [0.25, 0.3) is 0 Å². The number of hydrogen-bond donors (Lipinski definition) is 3. The molecule has 4 N–H and O–H groups in total. The molecule has 6 nitrogen and oxygen atoms in total. The highest BCUT2D eigenvalue weighted by Gasteiger charge is 2.28. The molecule has 1 aromatic heterocycles. The second-order valence-corrected chi connectivity index (χ2v) is 5.57. The molecule has 112 valence electrons. The van der Waals surface area contributed by atoms with Gasteiger partial charge in [-0.2, -0.15) is 4.98 Å². The Balaban J connectivity index is 1.80. The Bertz CT molecular complexity index is 585. The van der Waals surface area contributed by atoms with Crippen LogP contribution in [-0.4, -0.2) is 38.9 Å². The summed E-state index contributed by atoms with van der Waals surface area (Å²) in [5, 5.41) is 17.4. The number of nitrogens with zero attached hydrogens (tertiary/aromatic N) is 3. The SMILES string of the molecule is CC1C(N)CCCN1c1n[nH]c(C(O)c2ccccc2)n1. The molecule has 0 amide bonds. The van der Waals surface area contributed by atoms with E-state index >= 15 is 0 Å². The van der Waals surface area contributed by atoms with Gasteiger partial charge >= 0.3 is 0 Å². The van der Waals surface area contributed by atoms with Crippen molar-refractivity contribution in [2.45, 2.75) is 38.0 Å². The lowest BCUT2D eigenvalue weighted by Crippen LogP contribution is -2.51. The highest BCUT2D eigenvalue weighted by Crippen LogP contribution is 2.24. The highest BCUT2D eigenvalue weighted by atomic mass is 16.3. The van der Waals surface area contributed by atoms with Gasteiger partial charge in [0.1, 0.15) is 6.10 Å². The molecule has 0 spiro atoms. The minimum atomic E-state index is -0.791. The number of hydrogen-bond acceptors (Lipinski definition) is 5. The Morgan fingerprint density at radius 2 is 2.14 bits per heavy atom. The molecule has 0 saturated carbocycles. The third-order valence-electron chi connectivity index (χ3n) is 4.17. The Labute approximate surface area is 124 Å². The van der Waals surface area contributed by atoms with Gasteiger partial charge in [-0.15, -0.1) is 5.10 Å². The van der Waals surface area contributed by atoms with Crippen LogP contribution in [0.5, 0.6) is 0 Å². The molecular weight excluding hydrogens is 266 g/mol. The molecule has 3 atom stereocenters. The summed E-state index contributed by atoms with van der Waals surface area (Å²) in [5.41, 5.74) is 6.90. The van der Waals surface area contributed by atoms with Gasteiger partial charge in [-0.25, -0.2) is 0 Å². The van der Waals surface area contributed by atoms with Crippen molar-refractivity contribution in [2.75, 3.05) is 11.4 Å². The van der Waals surface area contributed by atoms with Crippen LogP contribution in [0, 0.1) is 0 Å². The van der Waals surface area contributed by atoms with E-state index < -0.39 is 6.10 Å². The summed E-state index contributed by atoms with van der Waals surface area (Å²) in [4.78, 5) is 6.55. The zero-order valence-electron chi connectivity index (χ0n) is 12.1. The van der Waals surface area contributed by atoms with Crippen LogP contribution in [0.3, 0.4) is 0 Å². The van der Waals surface area contributed by atoms with E-state index in [1.54, 1.807) is 0 Å². The maximum Gasteiger partial charge on any atom is 0.245 e. The molecule has 1 aliphatic heterocycles. The maximum absolute atomic E-state index is 10.3. The fraction of sp³-hybridized carbons (Fsp3) is 0.467. The molecule has 1 fully saturated rings. The van der Waals surface area contributed by atoms with E-state index in [9.17, 15) is 5.11 Å². The summed E-state index contributed by atoms with van der Waals surface area (Å²) in [6.45, 7) is 2.99. The summed E-state index contributed by atoms with van der Waals surface area (Å²) in [5.74, 6) is 1.07. The molecular formula is C15H21N5O. The smallest absolute Gasteiger partial charge is 0.245 e. The number of nitrogens with one attached hydrogen (secondary N) is 1. The summed E-state index contributed by atoms with van der Waals surface area (Å²) < 4.78 is 0. The average Bonchev–Trinajstić information content (AvgIpc) is 3.00. The van der Waals surface area contributed by atoms with Crippen LogP contribution in [0.2, 0.25) is 0 Å². The highest BCUT2D eigenvalue weighted by molar-refractivity contribution is 5.34. The van der Waals surface area contributed by atoms with Crippen molar-refractivity contribution in [3.63, 3.8) is 0 Å². The van der Waals surface area contributed by atoms with Crippen LogP contribution in [0.1, 0.15) is 37.3 Å². The minimum absolute atomic E-state index is 0.139.